The smallest absolute Gasteiger partial charge is 0.475 e. The summed E-state index contributed by atoms with van der Waals surface area (Å²) in [6.45, 7) is 9.13. The van der Waals surface area contributed by atoms with E-state index in [2.05, 4.69) is 29.0 Å². The van der Waals surface area contributed by atoms with Gasteiger partial charge in [-0.05, 0) is 61.6 Å². The van der Waals surface area contributed by atoms with Crippen molar-refractivity contribution < 1.29 is 32.7 Å². The predicted molar refractivity (Wildman–Crippen MR) is 132 cm³/mol. The number of hydrogen-bond acceptors (Lipinski definition) is 5. The topological polar surface area (TPSA) is 93.2 Å². The number of nitrogens with one attached hydrogen (secondary N) is 1. The van der Waals surface area contributed by atoms with Gasteiger partial charge in [0.15, 0.2) is 0 Å². The Kier molecular flexibility index (Phi) is 10.6. The average molecular weight is 535 g/mol. The zero-order valence-corrected chi connectivity index (χ0v) is 22.1. The summed E-state index contributed by atoms with van der Waals surface area (Å²) in [6, 6.07) is 1.87. The first-order chi connectivity index (χ1) is 16.8. The van der Waals surface area contributed by atoms with E-state index >= 15 is 0 Å². The highest BCUT2D eigenvalue weighted by Crippen LogP contribution is 2.45. The lowest BCUT2D eigenvalue weighted by atomic mass is 9.66. The van der Waals surface area contributed by atoms with E-state index in [1.165, 1.54) is 0 Å². The fourth-order valence-electron chi connectivity index (χ4n) is 5.00. The van der Waals surface area contributed by atoms with Crippen LogP contribution >= 0.6 is 11.3 Å². The van der Waals surface area contributed by atoms with Crippen LogP contribution in [0, 0.1) is 11.3 Å². The number of alkyl halides is 3. The highest BCUT2D eigenvalue weighted by Gasteiger charge is 2.47. The molecule has 1 aromatic heterocycles. The summed E-state index contributed by atoms with van der Waals surface area (Å²) in [6.07, 6.45) is -0.720. The number of urea groups is 1. The van der Waals surface area contributed by atoms with Gasteiger partial charge in [0.1, 0.15) is 0 Å². The van der Waals surface area contributed by atoms with E-state index in [1.807, 2.05) is 16.8 Å². The van der Waals surface area contributed by atoms with Gasteiger partial charge in [0, 0.05) is 39.1 Å². The fourth-order valence-corrected chi connectivity index (χ4v) is 5.63. The number of carbonyl (C=O) groups excluding carboxylic acids is 2. The van der Waals surface area contributed by atoms with E-state index in [1.54, 1.807) is 30.3 Å². The number of hydrogen-bond donors (Lipinski definition) is 2. The minimum absolute atomic E-state index is 0.0498. The maximum absolute atomic E-state index is 13.3. The molecular formula is C24H37F3N4O4S. The van der Waals surface area contributed by atoms with Crippen LogP contribution in [-0.2, 0) is 4.79 Å². The molecule has 8 nitrogen and oxygen atoms in total. The van der Waals surface area contributed by atoms with Crippen molar-refractivity contribution in [3.05, 3.63) is 22.4 Å². The van der Waals surface area contributed by atoms with Gasteiger partial charge in [-0.3, -0.25) is 4.79 Å². The molecule has 36 heavy (non-hydrogen) atoms. The van der Waals surface area contributed by atoms with Gasteiger partial charge in [-0.1, -0.05) is 13.8 Å². The standard InChI is InChI=1S/C22H36N4O2S.C2HF3O2/c1-17(2)15-25-11-8-22(9-12-25)7-5-10-26(20(27)18-6-13-29-16-18)19(22)14-23-21(28)24(3)4;3-2(4,5)1(6)7/h6,13,16-17,19H,5,7-12,14-15H2,1-4H3,(H,23,28);(H,6,7). The van der Waals surface area contributed by atoms with Crippen molar-refractivity contribution in [1.82, 2.24) is 20.0 Å². The first-order valence-electron chi connectivity index (χ1n) is 12.1. The van der Waals surface area contributed by atoms with Crippen molar-refractivity contribution in [3.8, 4) is 0 Å². The molecule has 3 amide bonds. The summed E-state index contributed by atoms with van der Waals surface area (Å²) in [5.74, 6) is -1.98. The highest BCUT2D eigenvalue weighted by atomic mass is 32.1. The summed E-state index contributed by atoms with van der Waals surface area (Å²) in [5.41, 5.74) is 0.866. The Hall–Kier alpha value is -2.34. The largest absolute Gasteiger partial charge is 0.490 e. The Morgan fingerprint density at radius 3 is 2.28 bits per heavy atom. The SMILES string of the molecule is CC(C)CN1CCC2(CCCN(C(=O)c3ccsc3)C2CNC(=O)N(C)C)CC1.O=C(O)C(F)(F)F. The molecule has 3 heterocycles. The van der Waals surface area contributed by atoms with Crippen LogP contribution in [0.4, 0.5) is 18.0 Å². The number of piperidine rings is 2. The van der Waals surface area contributed by atoms with Crippen molar-refractivity contribution in [2.75, 3.05) is 46.8 Å². The summed E-state index contributed by atoms with van der Waals surface area (Å²) >= 11 is 1.56. The molecule has 3 rings (SSSR count). The van der Waals surface area contributed by atoms with E-state index in [0.29, 0.717) is 12.5 Å². The lowest BCUT2D eigenvalue weighted by Gasteiger charge is -2.53. The first-order valence-corrected chi connectivity index (χ1v) is 13.0. The lowest BCUT2D eigenvalue weighted by Crippen LogP contribution is -2.61. The molecule has 1 aromatic rings. The molecule has 2 aliphatic heterocycles. The Morgan fingerprint density at radius 2 is 1.81 bits per heavy atom. The molecule has 0 aliphatic carbocycles. The van der Waals surface area contributed by atoms with Crippen LogP contribution in [0.15, 0.2) is 16.8 Å². The molecule has 0 bridgehead atoms. The average Bonchev–Trinajstić information content (AvgIpc) is 3.33. The van der Waals surface area contributed by atoms with E-state index < -0.39 is 12.1 Å². The van der Waals surface area contributed by atoms with Gasteiger partial charge in [-0.25, -0.2) is 9.59 Å². The van der Waals surface area contributed by atoms with E-state index in [0.717, 1.165) is 57.4 Å². The van der Waals surface area contributed by atoms with Gasteiger partial charge < -0.3 is 25.1 Å². The Bertz CT molecular complexity index is 869. The van der Waals surface area contributed by atoms with Gasteiger partial charge in [0.25, 0.3) is 5.91 Å². The molecule has 204 valence electrons. The maximum atomic E-state index is 13.3. The summed E-state index contributed by atoms with van der Waals surface area (Å²) in [5, 5.41) is 14.1. The van der Waals surface area contributed by atoms with E-state index in [9.17, 15) is 22.8 Å². The van der Waals surface area contributed by atoms with Gasteiger partial charge in [-0.2, -0.15) is 24.5 Å². The van der Waals surface area contributed by atoms with E-state index in [4.69, 9.17) is 9.90 Å². The third-order valence-electron chi connectivity index (χ3n) is 6.76. The zero-order valence-electron chi connectivity index (χ0n) is 21.3. The number of carboxylic acid groups (broad SMARTS) is 1. The van der Waals surface area contributed by atoms with Crippen molar-refractivity contribution in [2.24, 2.45) is 11.3 Å². The van der Waals surface area contributed by atoms with Gasteiger partial charge in [0.2, 0.25) is 0 Å². The minimum atomic E-state index is -5.08. The fraction of sp³-hybridized carbons (Fsp3) is 0.708. The van der Waals surface area contributed by atoms with Crippen molar-refractivity contribution in [3.63, 3.8) is 0 Å². The number of nitrogens with zero attached hydrogens (tertiary/aromatic N) is 3. The van der Waals surface area contributed by atoms with E-state index in [-0.39, 0.29) is 23.4 Å². The van der Waals surface area contributed by atoms with Gasteiger partial charge in [0.05, 0.1) is 11.6 Å². The molecular weight excluding hydrogens is 497 g/mol. The van der Waals surface area contributed by atoms with Crippen molar-refractivity contribution >= 4 is 29.2 Å². The molecule has 1 spiro atoms. The monoisotopic (exact) mass is 534 g/mol. The highest BCUT2D eigenvalue weighted by molar-refractivity contribution is 7.08. The van der Waals surface area contributed by atoms with Gasteiger partial charge >= 0.3 is 18.2 Å². The van der Waals surface area contributed by atoms with Crippen LogP contribution in [0.25, 0.3) is 0 Å². The quantitative estimate of drug-likeness (QED) is 0.596. The number of likely N-dealkylation sites (tertiary alicyclic amines) is 2. The summed E-state index contributed by atoms with van der Waals surface area (Å²) in [7, 11) is 3.51. The maximum Gasteiger partial charge on any atom is 0.490 e. The molecule has 0 radical (unpaired) electrons. The number of thiophene rings is 1. The first kappa shape index (κ1) is 29.9. The second-order valence-corrected chi connectivity index (χ2v) is 10.9. The van der Waals surface area contributed by atoms with Crippen LogP contribution < -0.4 is 5.32 Å². The van der Waals surface area contributed by atoms with Crippen LogP contribution in [0.5, 0.6) is 0 Å². The van der Waals surface area contributed by atoms with Crippen LogP contribution in [0.3, 0.4) is 0 Å². The summed E-state index contributed by atoms with van der Waals surface area (Å²) < 4.78 is 31.7. The lowest BCUT2D eigenvalue weighted by molar-refractivity contribution is -0.192. The summed E-state index contributed by atoms with van der Waals surface area (Å²) in [4.78, 5) is 40.6. The molecule has 0 aromatic carbocycles. The molecule has 2 saturated heterocycles. The number of carbonyl (C=O) groups is 3. The number of amides is 3. The number of rotatable bonds is 5. The third-order valence-corrected chi connectivity index (χ3v) is 7.44. The second kappa shape index (κ2) is 12.8. The Morgan fingerprint density at radius 1 is 1.19 bits per heavy atom. The van der Waals surface area contributed by atoms with Crippen LogP contribution in [0.1, 0.15) is 49.9 Å². The molecule has 2 N–H and O–H groups in total. The van der Waals surface area contributed by atoms with Gasteiger partial charge in [-0.15, -0.1) is 0 Å². The zero-order chi connectivity index (χ0) is 27.1. The molecule has 1 atom stereocenters. The van der Waals surface area contributed by atoms with Crippen molar-refractivity contribution in [2.45, 2.75) is 51.7 Å². The number of halogens is 3. The van der Waals surface area contributed by atoms with Crippen LogP contribution in [0.2, 0.25) is 0 Å². The molecule has 2 aliphatic rings. The molecule has 1 unspecified atom stereocenters. The normalized spacial score (nSPS) is 20.0. The van der Waals surface area contributed by atoms with Crippen LogP contribution in [-0.4, -0.2) is 96.8 Å². The number of carboxylic acids is 1. The Balaban J connectivity index is 0.000000572. The molecule has 12 heteroatoms. The second-order valence-electron chi connectivity index (χ2n) is 10.1. The predicted octanol–water partition coefficient (Wildman–Crippen LogP) is 4.00. The molecule has 2 fully saturated rings. The third kappa shape index (κ3) is 8.09. The number of aliphatic carboxylic acids is 1. The van der Waals surface area contributed by atoms with Crippen molar-refractivity contribution in [1.29, 1.82) is 0 Å². The minimum Gasteiger partial charge on any atom is -0.475 e. The Labute approximate surface area is 214 Å². The molecule has 0 saturated carbocycles.